The Hall–Kier alpha value is -1.10. The summed E-state index contributed by atoms with van der Waals surface area (Å²) in [6.45, 7) is 3.63. The van der Waals surface area contributed by atoms with Crippen molar-refractivity contribution in [3.63, 3.8) is 0 Å². The lowest BCUT2D eigenvalue weighted by Crippen LogP contribution is -2.36. The van der Waals surface area contributed by atoms with Gasteiger partial charge in [0, 0.05) is 26.1 Å². The fourth-order valence-electron chi connectivity index (χ4n) is 1.58. The zero-order chi connectivity index (χ0) is 12.7. The number of nitrogens with zero attached hydrogens (tertiary/aromatic N) is 1. The lowest BCUT2D eigenvalue weighted by molar-refractivity contribution is -0.144. The Morgan fingerprint density at radius 3 is 2.53 bits per heavy atom. The van der Waals surface area contributed by atoms with Gasteiger partial charge in [0.05, 0.1) is 19.6 Å². The molecule has 0 aromatic heterocycles. The normalized spacial score (nSPS) is 14.5. The van der Waals surface area contributed by atoms with Crippen LogP contribution in [-0.4, -0.2) is 50.2 Å². The minimum Gasteiger partial charge on any atom is -0.466 e. The summed E-state index contributed by atoms with van der Waals surface area (Å²) in [4.78, 5) is 24.8. The lowest BCUT2D eigenvalue weighted by Gasteiger charge is -2.21. The van der Waals surface area contributed by atoms with Gasteiger partial charge in [-0.25, -0.2) is 0 Å². The highest BCUT2D eigenvalue weighted by atomic mass is 16.5. The van der Waals surface area contributed by atoms with Gasteiger partial charge in [0.15, 0.2) is 0 Å². The second-order valence-corrected chi connectivity index (χ2v) is 4.15. The summed E-state index contributed by atoms with van der Waals surface area (Å²) < 4.78 is 9.81. The van der Waals surface area contributed by atoms with Crippen LogP contribution in [0.3, 0.4) is 0 Å². The van der Waals surface area contributed by atoms with Gasteiger partial charge >= 0.3 is 5.97 Å². The van der Waals surface area contributed by atoms with Crippen molar-refractivity contribution in [2.45, 2.75) is 26.2 Å². The number of hydrogen-bond acceptors (Lipinski definition) is 4. The first-order chi connectivity index (χ1) is 8.19. The van der Waals surface area contributed by atoms with E-state index in [1.54, 1.807) is 18.9 Å². The van der Waals surface area contributed by atoms with Gasteiger partial charge in [0.1, 0.15) is 0 Å². The van der Waals surface area contributed by atoms with E-state index in [4.69, 9.17) is 9.47 Å². The summed E-state index contributed by atoms with van der Waals surface area (Å²) in [5.41, 5.74) is 0. The highest BCUT2D eigenvalue weighted by Gasteiger charge is 2.33. The summed E-state index contributed by atoms with van der Waals surface area (Å²) in [5.74, 6) is 0.0684. The molecule has 0 bridgehead atoms. The van der Waals surface area contributed by atoms with Crippen LogP contribution in [0.1, 0.15) is 26.2 Å². The maximum Gasteiger partial charge on any atom is 0.307 e. The number of amides is 1. The summed E-state index contributed by atoms with van der Waals surface area (Å²) in [5, 5.41) is 0. The summed E-state index contributed by atoms with van der Waals surface area (Å²) in [6, 6.07) is 0. The van der Waals surface area contributed by atoms with Crippen molar-refractivity contribution in [1.29, 1.82) is 0 Å². The minimum atomic E-state index is -0.251. The zero-order valence-corrected chi connectivity index (χ0v) is 10.6. The largest absolute Gasteiger partial charge is 0.466 e. The highest BCUT2D eigenvalue weighted by Crippen LogP contribution is 2.30. The zero-order valence-electron chi connectivity index (χ0n) is 10.6. The lowest BCUT2D eigenvalue weighted by atomic mass is 10.3. The SMILES string of the molecule is CCOC(=O)CCN(CCOC)C(=O)C1CC1. The van der Waals surface area contributed by atoms with Gasteiger partial charge < -0.3 is 14.4 Å². The minimum absolute atomic E-state index is 0.145. The van der Waals surface area contributed by atoms with Gasteiger partial charge in [-0.2, -0.15) is 0 Å². The van der Waals surface area contributed by atoms with Crippen LogP contribution in [0.5, 0.6) is 0 Å². The number of carbonyl (C=O) groups excluding carboxylic acids is 2. The summed E-state index contributed by atoms with van der Waals surface area (Å²) >= 11 is 0. The van der Waals surface area contributed by atoms with Gasteiger partial charge in [-0.05, 0) is 19.8 Å². The van der Waals surface area contributed by atoms with Crippen molar-refractivity contribution >= 4 is 11.9 Å². The molecule has 1 amide bonds. The van der Waals surface area contributed by atoms with Crippen molar-refractivity contribution in [2.24, 2.45) is 5.92 Å². The quantitative estimate of drug-likeness (QED) is 0.592. The molecule has 0 aromatic rings. The molecule has 0 radical (unpaired) electrons. The van der Waals surface area contributed by atoms with Crippen LogP contribution in [-0.2, 0) is 19.1 Å². The van der Waals surface area contributed by atoms with E-state index >= 15 is 0 Å². The van der Waals surface area contributed by atoms with Crippen molar-refractivity contribution in [3.05, 3.63) is 0 Å². The molecule has 98 valence electrons. The van der Waals surface area contributed by atoms with Crippen LogP contribution in [0.4, 0.5) is 0 Å². The van der Waals surface area contributed by atoms with Gasteiger partial charge in [0.2, 0.25) is 5.91 Å². The van der Waals surface area contributed by atoms with E-state index in [0.29, 0.717) is 26.3 Å². The summed E-state index contributed by atoms with van der Waals surface area (Å²) in [6.07, 6.45) is 2.21. The Labute approximate surface area is 102 Å². The van der Waals surface area contributed by atoms with Gasteiger partial charge in [-0.3, -0.25) is 9.59 Å². The molecular weight excluding hydrogens is 222 g/mol. The van der Waals surface area contributed by atoms with E-state index < -0.39 is 0 Å². The van der Waals surface area contributed by atoms with E-state index in [2.05, 4.69) is 0 Å². The van der Waals surface area contributed by atoms with Crippen molar-refractivity contribution in [2.75, 3.05) is 33.4 Å². The second kappa shape index (κ2) is 7.27. The molecular formula is C12H21NO4. The number of hydrogen-bond donors (Lipinski definition) is 0. The molecule has 0 spiro atoms. The fourth-order valence-corrected chi connectivity index (χ4v) is 1.58. The molecule has 1 saturated carbocycles. The number of esters is 1. The van der Waals surface area contributed by atoms with Crippen LogP contribution < -0.4 is 0 Å². The first-order valence-corrected chi connectivity index (χ1v) is 6.12. The van der Waals surface area contributed by atoms with Gasteiger partial charge in [-0.15, -0.1) is 0 Å². The first kappa shape index (κ1) is 14.0. The van der Waals surface area contributed by atoms with Gasteiger partial charge in [0.25, 0.3) is 0 Å². The average Bonchev–Trinajstić information content (AvgIpc) is 3.12. The van der Waals surface area contributed by atoms with Crippen molar-refractivity contribution in [1.82, 2.24) is 4.90 Å². The third kappa shape index (κ3) is 5.17. The molecule has 0 atom stereocenters. The molecule has 1 fully saturated rings. The van der Waals surface area contributed by atoms with Crippen LogP contribution in [0.25, 0.3) is 0 Å². The predicted octanol–water partition coefficient (Wildman–Crippen LogP) is 0.825. The molecule has 1 rings (SSSR count). The maximum atomic E-state index is 11.9. The van der Waals surface area contributed by atoms with Crippen LogP contribution in [0.15, 0.2) is 0 Å². The van der Waals surface area contributed by atoms with Crippen LogP contribution in [0, 0.1) is 5.92 Å². The van der Waals surface area contributed by atoms with E-state index in [1.807, 2.05) is 0 Å². The second-order valence-electron chi connectivity index (χ2n) is 4.15. The smallest absolute Gasteiger partial charge is 0.307 e. The Bertz CT molecular complexity index is 263. The van der Waals surface area contributed by atoms with Crippen LogP contribution in [0.2, 0.25) is 0 Å². The number of rotatable bonds is 8. The standard InChI is InChI=1S/C12H21NO4/c1-3-17-11(14)6-7-13(8-9-16-2)12(15)10-4-5-10/h10H,3-9H2,1-2H3. The van der Waals surface area contributed by atoms with Gasteiger partial charge in [-0.1, -0.05) is 0 Å². The third-order valence-electron chi connectivity index (χ3n) is 2.69. The Balaban J connectivity index is 2.34. The summed E-state index contributed by atoms with van der Waals surface area (Å²) in [7, 11) is 1.60. The molecule has 0 aliphatic heterocycles. The molecule has 0 saturated heterocycles. The molecule has 5 heteroatoms. The van der Waals surface area contributed by atoms with Crippen molar-refractivity contribution < 1.29 is 19.1 Å². The molecule has 0 aromatic carbocycles. The monoisotopic (exact) mass is 243 g/mol. The molecule has 0 unspecified atom stereocenters. The van der Waals surface area contributed by atoms with Crippen molar-refractivity contribution in [3.8, 4) is 0 Å². The first-order valence-electron chi connectivity index (χ1n) is 6.12. The predicted molar refractivity (Wildman–Crippen MR) is 62.4 cm³/mol. The Morgan fingerprint density at radius 2 is 2.00 bits per heavy atom. The fraction of sp³-hybridized carbons (Fsp3) is 0.833. The average molecular weight is 243 g/mol. The number of methoxy groups -OCH3 is 1. The molecule has 0 N–H and O–H groups in total. The maximum absolute atomic E-state index is 11.9. The Kier molecular flexibility index (Phi) is 5.97. The molecule has 17 heavy (non-hydrogen) atoms. The molecule has 1 aliphatic carbocycles. The third-order valence-corrected chi connectivity index (χ3v) is 2.69. The number of ether oxygens (including phenoxy) is 2. The molecule has 1 aliphatic rings. The Morgan fingerprint density at radius 1 is 1.29 bits per heavy atom. The van der Waals surface area contributed by atoms with E-state index in [9.17, 15) is 9.59 Å². The van der Waals surface area contributed by atoms with Crippen LogP contribution >= 0.6 is 0 Å². The number of carbonyl (C=O) groups is 2. The van der Waals surface area contributed by atoms with E-state index in [1.165, 1.54) is 0 Å². The van der Waals surface area contributed by atoms with E-state index in [-0.39, 0.29) is 24.2 Å². The van der Waals surface area contributed by atoms with E-state index in [0.717, 1.165) is 12.8 Å². The molecule has 0 heterocycles. The topological polar surface area (TPSA) is 55.8 Å². The molecule has 5 nitrogen and oxygen atoms in total. The highest BCUT2D eigenvalue weighted by molar-refractivity contribution is 5.81.